The molecule has 0 unspecified atom stereocenters. The van der Waals surface area contributed by atoms with Gasteiger partial charge in [0.1, 0.15) is 13.2 Å². The van der Waals surface area contributed by atoms with Gasteiger partial charge in [-0.05, 0) is 6.08 Å². The Morgan fingerprint density at radius 3 is 1.23 bits per heavy atom. The number of carbonyl (C=O) groups is 2. The zero-order chi connectivity index (χ0) is 25.3. The summed E-state index contributed by atoms with van der Waals surface area (Å²) in [7, 11) is 0. The van der Waals surface area contributed by atoms with Gasteiger partial charge >= 0.3 is 47.7 Å². The average Bonchev–Trinajstić information content (AvgIpc) is 2.55. The summed E-state index contributed by atoms with van der Waals surface area (Å²) in [6.07, 6.45) is -8.80. The van der Waals surface area contributed by atoms with Crippen LogP contribution in [-0.4, -0.2) is 60.9 Å². The molecule has 4 nitrogen and oxygen atoms in total. The number of allylic oxidation sites excluding steroid dienone is 1. The van der Waals surface area contributed by atoms with E-state index in [-0.39, 0.29) is 0 Å². The van der Waals surface area contributed by atoms with Crippen molar-refractivity contribution in [2.24, 2.45) is 0 Å². The van der Waals surface area contributed by atoms with Crippen molar-refractivity contribution in [3.05, 3.63) is 11.6 Å². The fraction of sp³-hybridized carbons (Fsp3) is 0.714. The van der Waals surface area contributed by atoms with Crippen LogP contribution >= 0.6 is 0 Å². The van der Waals surface area contributed by atoms with Gasteiger partial charge < -0.3 is 9.47 Å². The number of hydrogen-bond donors (Lipinski definition) is 0. The smallest absolute Gasteiger partial charge is 0.460 e. The van der Waals surface area contributed by atoms with Crippen molar-refractivity contribution in [3.63, 3.8) is 0 Å². The van der Waals surface area contributed by atoms with Crippen molar-refractivity contribution in [1.29, 1.82) is 0 Å². The van der Waals surface area contributed by atoms with Crippen LogP contribution < -0.4 is 0 Å². The van der Waals surface area contributed by atoms with E-state index < -0.39 is 72.6 Å². The van der Waals surface area contributed by atoms with Crippen molar-refractivity contribution in [1.82, 2.24) is 0 Å². The highest BCUT2D eigenvalue weighted by Gasteiger charge is 2.90. The molecule has 0 aromatic rings. The highest BCUT2D eigenvalue weighted by atomic mass is 19.4. The summed E-state index contributed by atoms with van der Waals surface area (Å²) in [6.45, 7) is -1.61. The van der Waals surface area contributed by atoms with Crippen LogP contribution in [0.5, 0.6) is 0 Å². The quantitative estimate of drug-likeness (QED) is 0.266. The van der Waals surface area contributed by atoms with E-state index in [1.165, 1.54) is 0 Å². The molecule has 0 amide bonds. The molecule has 0 bridgehead atoms. The SMILES string of the molecule is CC(=O)OCC(=CC(F)(F)C(F)(F)C(F)(F)C(F)(F)C(F)(F)C(F)(F)F)COC(C)=O. The standard InChI is InChI=1S/C14H11F13O4/c1-6(28)30-4-8(5-31-7(2)29)3-9(15,16)10(17,18)11(19,20)12(21,22)13(23,24)14(25,26)27/h3H,4-5H2,1-2H3. The molecule has 0 aromatic carbocycles. The molecule has 0 fully saturated rings. The zero-order valence-corrected chi connectivity index (χ0v) is 15.0. The third-order valence-corrected chi connectivity index (χ3v) is 3.26. The van der Waals surface area contributed by atoms with Crippen LogP contribution in [-0.2, 0) is 19.1 Å². The maximum absolute atomic E-state index is 13.8. The van der Waals surface area contributed by atoms with Gasteiger partial charge in [-0.2, -0.15) is 57.1 Å². The lowest BCUT2D eigenvalue weighted by Gasteiger charge is -2.39. The molecule has 0 saturated heterocycles. The summed E-state index contributed by atoms with van der Waals surface area (Å²) in [5, 5.41) is 0. The Morgan fingerprint density at radius 1 is 0.613 bits per heavy atom. The zero-order valence-electron chi connectivity index (χ0n) is 15.0. The van der Waals surface area contributed by atoms with E-state index in [9.17, 15) is 66.7 Å². The lowest BCUT2D eigenvalue weighted by molar-refractivity contribution is -0.436. The first-order valence-corrected chi connectivity index (χ1v) is 7.39. The van der Waals surface area contributed by atoms with Crippen molar-refractivity contribution in [3.8, 4) is 0 Å². The summed E-state index contributed by atoms with van der Waals surface area (Å²) in [5.41, 5.74) is -1.42. The largest absolute Gasteiger partial charge is 0.461 e. The van der Waals surface area contributed by atoms with Crippen LogP contribution in [0.25, 0.3) is 0 Å². The highest BCUT2D eigenvalue weighted by Crippen LogP contribution is 2.60. The van der Waals surface area contributed by atoms with Crippen LogP contribution in [0.4, 0.5) is 57.1 Å². The van der Waals surface area contributed by atoms with Crippen LogP contribution in [0.15, 0.2) is 11.6 Å². The predicted molar refractivity (Wildman–Crippen MR) is 72.1 cm³/mol. The molecule has 0 N–H and O–H groups in total. The monoisotopic (exact) mass is 490 g/mol. The lowest BCUT2D eigenvalue weighted by Crippen LogP contribution is -2.69. The molecule has 0 spiro atoms. The minimum Gasteiger partial charge on any atom is -0.461 e. The molecule has 0 aliphatic carbocycles. The number of alkyl halides is 13. The van der Waals surface area contributed by atoms with Gasteiger partial charge in [-0.3, -0.25) is 9.59 Å². The van der Waals surface area contributed by atoms with E-state index in [0.29, 0.717) is 13.8 Å². The molecule has 0 aliphatic heterocycles. The Labute approximate surface area is 163 Å². The van der Waals surface area contributed by atoms with Gasteiger partial charge in [0.2, 0.25) is 0 Å². The summed E-state index contributed by atoms with van der Waals surface area (Å²) in [6, 6.07) is 0. The second-order valence-electron chi connectivity index (χ2n) is 5.78. The molecule has 182 valence electrons. The molecule has 0 saturated carbocycles. The molecule has 0 aliphatic rings. The molecule has 31 heavy (non-hydrogen) atoms. The van der Waals surface area contributed by atoms with Crippen molar-refractivity contribution < 1.29 is 76.1 Å². The fourth-order valence-electron chi connectivity index (χ4n) is 1.64. The van der Waals surface area contributed by atoms with Crippen LogP contribution in [0.2, 0.25) is 0 Å². The second-order valence-corrected chi connectivity index (χ2v) is 5.78. The Morgan fingerprint density at radius 2 is 0.935 bits per heavy atom. The van der Waals surface area contributed by atoms with E-state index in [4.69, 9.17) is 0 Å². The van der Waals surface area contributed by atoms with Crippen LogP contribution in [0.1, 0.15) is 13.8 Å². The minimum atomic E-state index is -8.04. The molecule has 0 radical (unpaired) electrons. The maximum atomic E-state index is 13.8. The summed E-state index contributed by atoms with van der Waals surface area (Å²) < 4.78 is 178. The number of rotatable bonds is 9. The average molecular weight is 490 g/mol. The Bertz CT molecular complexity index is 689. The first-order chi connectivity index (χ1) is 13.5. The topological polar surface area (TPSA) is 52.6 Å². The minimum absolute atomic E-state index is 0.643. The second kappa shape index (κ2) is 8.72. The van der Waals surface area contributed by atoms with E-state index >= 15 is 0 Å². The molecule has 0 rings (SSSR count). The number of halogens is 13. The summed E-state index contributed by atoms with van der Waals surface area (Å²) in [4.78, 5) is 21.3. The predicted octanol–water partition coefficient (Wildman–Crippen LogP) is 4.78. The normalized spacial score (nSPS) is 14.2. The van der Waals surface area contributed by atoms with Gasteiger partial charge in [0.15, 0.2) is 0 Å². The van der Waals surface area contributed by atoms with Gasteiger partial charge in [0, 0.05) is 19.4 Å². The van der Waals surface area contributed by atoms with E-state index in [1.54, 1.807) is 0 Å². The molecule has 0 atom stereocenters. The van der Waals surface area contributed by atoms with Crippen molar-refractivity contribution in [2.75, 3.05) is 13.2 Å². The number of esters is 2. The Kier molecular flexibility index (Phi) is 8.09. The maximum Gasteiger partial charge on any atom is 0.460 e. The summed E-state index contributed by atoms with van der Waals surface area (Å²) in [5.74, 6) is -40.5. The first kappa shape index (κ1) is 28.8. The van der Waals surface area contributed by atoms with Gasteiger partial charge in [0.05, 0.1) is 0 Å². The van der Waals surface area contributed by atoms with Crippen LogP contribution in [0.3, 0.4) is 0 Å². The lowest BCUT2D eigenvalue weighted by atomic mass is 9.93. The molecular weight excluding hydrogens is 479 g/mol. The first-order valence-electron chi connectivity index (χ1n) is 7.39. The van der Waals surface area contributed by atoms with E-state index in [1.807, 2.05) is 0 Å². The molecule has 0 heterocycles. The fourth-order valence-corrected chi connectivity index (χ4v) is 1.64. The van der Waals surface area contributed by atoms with Gasteiger partial charge in [0.25, 0.3) is 0 Å². The van der Waals surface area contributed by atoms with Gasteiger partial charge in [-0.25, -0.2) is 0 Å². The van der Waals surface area contributed by atoms with Gasteiger partial charge in [-0.1, -0.05) is 0 Å². The highest BCUT2D eigenvalue weighted by molar-refractivity contribution is 5.66. The third-order valence-electron chi connectivity index (χ3n) is 3.26. The van der Waals surface area contributed by atoms with Crippen molar-refractivity contribution in [2.45, 2.75) is 49.6 Å². The van der Waals surface area contributed by atoms with Gasteiger partial charge in [-0.15, -0.1) is 0 Å². The Hall–Kier alpha value is -2.23. The summed E-state index contributed by atoms with van der Waals surface area (Å²) >= 11 is 0. The molecule has 0 aromatic heterocycles. The van der Waals surface area contributed by atoms with E-state index in [2.05, 4.69) is 9.47 Å². The van der Waals surface area contributed by atoms with E-state index in [0.717, 1.165) is 0 Å². The molecular formula is C14H11F13O4. The third kappa shape index (κ3) is 5.53. The molecule has 17 heteroatoms. The van der Waals surface area contributed by atoms with Crippen LogP contribution in [0, 0.1) is 0 Å². The number of ether oxygens (including phenoxy) is 2. The Balaban J connectivity index is 6.39. The number of carbonyl (C=O) groups excluding carboxylic acids is 2. The number of hydrogen-bond acceptors (Lipinski definition) is 4. The van der Waals surface area contributed by atoms with Crippen molar-refractivity contribution >= 4 is 11.9 Å².